The Labute approximate surface area is 166 Å². The summed E-state index contributed by atoms with van der Waals surface area (Å²) in [5.41, 5.74) is -1.51. The van der Waals surface area contributed by atoms with Crippen molar-refractivity contribution >= 4 is 17.3 Å². The van der Waals surface area contributed by atoms with Gasteiger partial charge in [0.15, 0.2) is 0 Å². The monoisotopic (exact) mass is 418 g/mol. The molecule has 0 saturated carbocycles. The molecule has 8 nitrogen and oxygen atoms in total. The molecule has 0 atom stereocenters. The minimum absolute atomic E-state index is 0.130. The average molecular weight is 418 g/mol. The number of anilines is 1. The second-order valence-electron chi connectivity index (χ2n) is 6.11. The number of carbonyl (C=O) groups is 1. The molecule has 30 heavy (non-hydrogen) atoms. The van der Waals surface area contributed by atoms with Crippen LogP contribution in [0.1, 0.15) is 5.56 Å². The van der Waals surface area contributed by atoms with Gasteiger partial charge in [-0.3, -0.25) is 19.7 Å². The molecule has 0 saturated heterocycles. The molecule has 0 aliphatic carbocycles. The molecule has 1 amide bonds. The van der Waals surface area contributed by atoms with Crippen LogP contribution < -0.4 is 10.9 Å². The third-order valence-corrected chi connectivity index (χ3v) is 4.04. The van der Waals surface area contributed by atoms with Gasteiger partial charge in [0.1, 0.15) is 6.54 Å². The zero-order valence-electron chi connectivity index (χ0n) is 15.1. The Bertz CT molecular complexity index is 1160. The second-order valence-corrected chi connectivity index (χ2v) is 6.11. The smallest absolute Gasteiger partial charge is 0.324 e. The highest BCUT2D eigenvalue weighted by Crippen LogP contribution is 2.34. The summed E-state index contributed by atoms with van der Waals surface area (Å²) < 4.78 is 39.9. The fourth-order valence-corrected chi connectivity index (χ4v) is 2.64. The highest BCUT2D eigenvalue weighted by Gasteiger charge is 2.33. The lowest BCUT2D eigenvalue weighted by molar-refractivity contribution is -0.384. The van der Waals surface area contributed by atoms with Crippen LogP contribution in [0.5, 0.6) is 0 Å². The van der Waals surface area contributed by atoms with E-state index < -0.39 is 40.4 Å². The number of hydrogen-bond acceptors (Lipinski definition) is 5. The summed E-state index contributed by atoms with van der Waals surface area (Å²) in [5.74, 6) is -0.873. The van der Waals surface area contributed by atoms with E-state index in [0.29, 0.717) is 5.56 Å². The molecule has 11 heteroatoms. The molecular weight excluding hydrogens is 405 g/mol. The zero-order chi connectivity index (χ0) is 21.9. The molecule has 0 aliphatic rings. The lowest BCUT2D eigenvalue weighted by atomic mass is 10.1. The molecule has 1 N–H and O–H groups in total. The van der Waals surface area contributed by atoms with E-state index in [9.17, 15) is 32.9 Å². The van der Waals surface area contributed by atoms with E-state index in [0.717, 1.165) is 22.9 Å². The van der Waals surface area contributed by atoms with Crippen molar-refractivity contribution in [2.75, 3.05) is 5.32 Å². The van der Waals surface area contributed by atoms with Crippen LogP contribution >= 0.6 is 0 Å². The summed E-state index contributed by atoms with van der Waals surface area (Å²) >= 11 is 0. The number of aromatic nitrogens is 2. The topological polar surface area (TPSA) is 107 Å². The molecule has 0 fully saturated rings. The third kappa shape index (κ3) is 4.69. The number of carbonyl (C=O) groups excluding carboxylic acids is 1. The number of benzene rings is 2. The molecule has 0 aliphatic heterocycles. The predicted octanol–water partition coefficient (Wildman–Crippen LogP) is 3.48. The van der Waals surface area contributed by atoms with Gasteiger partial charge in [-0.2, -0.15) is 18.3 Å². The van der Waals surface area contributed by atoms with Gasteiger partial charge in [0, 0.05) is 23.8 Å². The lowest BCUT2D eigenvalue weighted by Gasteiger charge is -2.14. The molecule has 3 rings (SSSR count). The lowest BCUT2D eigenvalue weighted by Crippen LogP contribution is -2.29. The van der Waals surface area contributed by atoms with Gasteiger partial charge in [0.25, 0.3) is 11.2 Å². The fraction of sp³-hybridized carbons (Fsp3) is 0.105. The Hall–Kier alpha value is -4.02. The van der Waals surface area contributed by atoms with Gasteiger partial charge < -0.3 is 5.32 Å². The predicted molar refractivity (Wildman–Crippen MR) is 101 cm³/mol. The van der Waals surface area contributed by atoms with E-state index in [1.165, 1.54) is 42.5 Å². The Morgan fingerprint density at radius 2 is 1.73 bits per heavy atom. The van der Waals surface area contributed by atoms with Gasteiger partial charge in [-0.15, -0.1) is 0 Å². The summed E-state index contributed by atoms with van der Waals surface area (Å²) in [4.78, 5) is 34.4. The molecule has 3 aromatic rings. The molecule has 1 aromatic heterocycles. The van der Waals surface area contributed by atoms with Crippen LogP contribution in [0.3, 0.4) is 0 Å². The zero-order valence-corrected chi connectivity index (χ0v) is 15.1. The normalized spacial score (nSPS) is 11.2. The number of halogens is 3. The first-order valence-electron chi connectivity index (χ1n) is 8.44. The highest BCUT2D eigenvalue weighted by molar-refractivity contribution is 5.91. The number of alkyl halides is 3. The van der Waals surface area contributed by atoms with E-state index in [-0.39, 0.29) is 11.4 Å². The minimum atomic E-state index is -4.66. The van der Waals surface area contributed by atoms with Crippen LogP contribution in [0.15, 0.2) is 65.5 Å². The molecule has 2 aromatic carbocycles. The number of nitrogens with zero attached hydrogens (tertiary/aromatic N) is 3. The number of nitro groups is 1. The summed E-state index contributed by atoms with van der Waals surface area (Å²) in [6, 6.07) is 12.3. The maximum atomic E-state index is 13.0. The summed E-state index contributed by atoms with van der Waals surface area (Å²) in [6.45, 7) is -0.619. The van der Waals surface area contributed by atoms with Crippen LogP contribution in [0.25, 0.3) is 11.3 Å². The quantitative estimate of drug-likeness (QED) is 0.504. The van der Waals surface area contributed by atoms with Crippen LogP contribution in [0.4, 0.5) is 24.5 Å². The van der Waals surface area contributed by atoms with Crippen molar-refractivity contribution in [3.05, 3.63) is 86.7 Å². The van der Waals surface area contributed by atoms with Gasteiger partial charge >= 0.3 is 6.18 Å². The molecule has 0 unspecified atom stereocenters. The van der Waals surface area contributed by atoms with Crippen molar-refractivity contribution < 1.29 is 22.9 Å². The van der Waals surface area contributed by atoms with Crippen LogP contribution in [0, 0.1) is 10.1 Å². The fourth-order valence-electron chi connectivity index (χ4n) is 2.64. The second kappa shape index (κ2) is 8.15. The number of nitrogens with one attached hydrogen (secondary N) is 1. The first-order valence-corrected chi connectivity index (χ1v) is 8.44. The van der Waals surface area contributed by atoms with Crippen LogP contribution in [-0.2, 0) is 17.5 Å². The molecule has 154 valence electrons. The third-order valence-electron chi connectivity index (χ3n) is 4.04. The minimum Gasteiger partial charge on any atom is -0.324 e. The van der Waals surface area contributed by atoms with E-state index >= 15 is 0 Å². The Balaban J connectivity index is 1.82. The van der Waals surface area contributed by atoms with Gasteiger partial charge in [0.2, 0.25) is 5.91 Å². The first-order chi connectivity index (χ1) is 14.1. The summed E-state index contributed by atoms with van der Waals surface area (Å²) in [5, 5.41) is 16.9. The van der Waals surface area contributed by atoms with Crippen molar-refractivity contribution in [1.82, 2.24) is 9.78 Å². The standard InChI is InChI=1S/C19H13F3N4O4/c20-19(21,22)14-3-1-2-4-16(14)23-17(27)11-25-18(28)10-9-15(24-25)12-5-7-13(8-6-12)26(29)30/h1-10H,11H2,(H,23,27). The van der Waals surface area contributed by atoms with Gasteiger partial charge in [-0.25, -0.2) is 4.68 Å². The Morgan fingerprint density at radius 1 is 1.07 bits per heavy atom. The number of nitro benzene ring substituents is 1. The van der Waals surface area contributed by atoms with Gasteiger partial charge in [0.05, 0.1) is 21.9 Å². The molecule has 0 bridgehead atoms. The summed E-state index contributed by atoms with van der Waals surface area (Å²) in [7, 11) is 0. The van der Waals surface area contributed by atoms with E-state index in [2.05, 4.69) is 10.4 Å². The van der Waals surface area contributed by atoms with E-state index in [4.69, 9.17) is 0 Å². The first kappa shape index (κ1) is 20.7. The van der Waals surface area contributed by atoms with Crippen molar-refractivity contribution in [1.29, 1.82) is 0 Å². The summed E-state index contributed by atoms with van der Waals surface area (Å²) in [6.07, 6.45) is -4.66. The maximum absolute atomic E-state index is 13.0. The molecule has 0 spiro atoms. The SMILES string of the molecule is O=C(Cn1nc(-c2ccc([N+](=O)[O-])cc2)ccc1=O)Nc1ccccc1C(F)(F)F. The number of non-ortho nitro benzene ring substituents is 1. The number of hydrogen-bond donors (Lipinski definition) is 1. The Kier molecular flexibility index (Phi) is 5.63. The van der Waals surface area contributed by atoms with Crippen molar-refractivity contribution in [3.63, 3.8) is 0 Å². The highest BCUT2D eigenvalue weighted by atomic mass is 19.4. The van der Waals surface area contributed by atoms with Crippen molar-refractivity contribution in [3.8, 4) is 11.3 Å². The van der Waals surface area contributed by atoms with Crippen LogP contribution in [0.2, 0.25) is 0 Å². The number of rotatable bonds is 5. The maximum Gasteiger partial charge on any atom is 0.418 e. The number of amides is 1. The van der Waals surface area contributed by atoms with Gasteiger partial charge in [-0.1, -0.05) is 12.1 Å². The molecule has 0 radical (unpaired) electrons. The number of para-hydroxylation sites is 1. The average Bonchev–Trinajstić information content (AvgIpc) is 2.69. The van der Waals surface area contributed by atoms with E-state index in [1.807, 2.05) is 0 Å². The molecule has 1 heterocycles. The molecular formula is C19H13F3N4O4. The largest absolute Gasteiger partial charge is 0.418 e. The van der Waals surface area contributed by atoms with Crippen molar-refractivity contribution in [2.24, 2.45) is 0 Å². The van der Waals surface area contributed by atoms with Gasteiger partial charge in [-0.05, 0) is 30.3 Å². The van der Waals surface area contributed by atoms with Crippen LogP contribution in [-0.4, -0.2) is 20.6 Å². The van der Waals surface area contributed by atoms with Crippen molar-refractivity contribution in [2.45, 2.75) is 12.7 Å². The van der Waals surface area contributed by atoms with E-state index in [1.54, 1.807) is 0 Å². The Morgan fingerprint density at radius 3 is 2.37 bits per heavy atom.